The Hall–Kier alpha value is -2.93. The standard InChI is InChI=1S/C19H25N7/c1-4-14-6-8-15(9-7-14)16(25(2)3)13-21-17-12-18(24-19(20)23-17)26-11-5-10-22-26/h5-12,16H,4,13H2,1-3H3,(H3,20,21,23,24)/t16-/m0/s1. The highest BCUT2D eigenvalue weighted by Gasteiger charge is 2.15. The highest BCUT2D eigenvalue weighted by Crippen LogP contribution is 2.20. The number of hydrogen-bond donors (Lipinski definition) is 2. The Morgan fingerprint density at radius 2 is 1.96 bits per heavy atom. The van der Waals surface area contributed by atoms with E-state index in [1.807, 2.05) is 18.3 Å². The van der Waals surface area contributed by atoms with Crippen molar-refractivity contribution >= 4 is 11.8 Å². The van der Waals surface area contributed by atoms with Crippen molar-refractivity contribution in [2.75, 3.05) is 31.7 Å². The minimum Gasteiger partial charge on any atom is -0.368 e. The molecule has 0 unspecified atom stereocenters. The van der Waals surface area contributed by atoms with E-state index in [0.717, 1.165) is 6.42 Å². The van der Waals surface area contributed by atoms with Crippen LogP contribution in [0.5, 0.6) is 0 Å². The van der Waals surface area contributed by atoms with E-state index in [1.165, 1.54) is 11.1 Å². The quantitative estimate of drug-likeness (QED) is 0.680. The van der Waals surface area contributed by atoms with Crippen LogP contribution < -0.4 is 11.1 Å². The van der Waals surface area contributed by atoms with Gasteiger partial charge in [0.1, 0.15) is 5.82 Å². The van der Waals surface area contributed by atoms with E-state index in [1.54, 1.807) is 10.9 Å². The number of aryl methyl sites for hydroxylation is 1. The lowest BCUT2D eigenvalue weighted by Crippen LogP contribution is -2.27. The topological polar surface area (TPSA) is 84.9 Å². The van der Waals surface area contributed by atoms with Gasteiger partial charge in [0.05, 0.1) is 6.04 Å². The molecule has 1 atom stereocenters. The number of nitrogens with zero attached hydrogens (tertiary/aromatic N) is 5. The number of rotatable bonds is 7. The molecule has 3 N–H and O–H groups in total. The van der Waals surface area contributed by atoms with E-state index in [0.29, 0.717) is 18.2 Å². The third-order valence-electron chi connectivity index (χ3n) is 4.34. The van der Waals surface area contributed by atoms with Gasteiger partial charge in [-0.15, -0.1) is 0 Å². The molecule has 0 fully saturated rings. The number of anilines is 2. The summed E-state index contributed by atoms with van der Waals surface area (Å²) in [4.78, 5) is 10.7. The van der Waals surface area contributed by atoms with Gasteiger partial charge in [-0.1, -0.05) is 31.2 Å². The Morgan fingerprint density at radius 3 is 2.58 bits per heavy atom. The summed E-state index contributed by atoms with van der Waals surface area (Å²) in [5.41, 5.74) is 8.46. The first-order chi connectivity index (χ1) is 12.6. The zero-order valence-electron chi connectivity index (χ0n) is 15.4. The van der Waals surface area contributed by atoms with Crippen LogP contribution in [0.15, 0.2) is 48.8 Å². The fourth-order valence-corrected chi connectivity index (χ4v) is 2.84. The average molecular weight is 351 g/mol. The van der Waals surface area contributed by atoms with E-state index in [-0.39, 0.29) is 12.0 Å². The number of likely N-dealkylation sites (N-methyl/N-ethyl adjacent to an activating group) is 1. The van der Waals surface area contributed by atoms with Gasteiger partial charge >= 0.3 is 0 Å². The highest BCUT2D eigenvalue weighted by atomic mass is 15.3. The van der Waals surface area contributed by atoms with Gasteiger partial charge in [-0.05, 0) is 37.7 Å². The molecule has 0 aliphatic heterocycles. The average Bonchev–Trinajstić information content (AvgIpc) is 3.16. The maximum Gasteiger partial charge on any atom is 0.224 e. The molecule has 0 amide bonds. The van der Waals surface area contributed by atoms with Crippen molar-refractivity contribution < 1.29 is 0 Å². The molecular weight excluding hydrogens is 326 g/mol. The van der Waals surface area contributed by atoms with Gasteiger partial charge in [-0.2, -0.15) is 15.1 Å². The zero-order valence-corrected chi connectivity index (χ0v) is 15.4. The van der Waals surface area contributed by atoms with Crippen LogP contribution in [0.3, 0.4) is 0 Å². The minimum absolute atomic E-state index is 0.213. The second-order valence-corrected chi connectivity index (χ2v) is 6.38. The number of nitrogens with one attached hydrogen (secondary N) is 1. The normalized spacial score (nSPS) is 12.3. The summed E-state index contributed by atoms with van der Waals surface area (Å²) in [5, 5.41) is 7.57. The minimum atomic E-state index is 0.213. The first-order valence-corrected chi connectivity index (χ1v) is 8.70. The molecule has 7 heteroatoms. The van der Waals surface area contributed by atoms with Crippen molar-refractivity contribution in [3.05, 3.63) is 59.9 Å². The lowest BCUT2D eigenvalue weighted by atomic mass is 10.0. The van der Waals surface area contributed by atoms with Crippen LogP contribution in [0.4, 0.5) is 11.8 Å². The Kier molecular flexibility index (Phi) is 5.48. The third-order valence-corrected chi connectivity index (χ3v) is 4.34. The number of aromatic nitrogens is 4. The van der Waals surface area contributed by atoms with Gasteiger partial charge in [0.25, 0.3) is 0 Å². The number of nitrogen functional groups attached to an aromatic ring is 1. The molecule has 2 aromatic heterocycles. The van der Waals surface area contributed by atoms with E-state index in [2.05, 4.69) is 70.6 Å². The predicted octanol–water partition coefficient (Wildman–Crippen LogP) is 2.52. The SMILES string of the molecule is CCc1ccc([C@H](CNc2cc(-n3cccn3)nc(N)n2)N(C)C)cc1. The summed E-state index contributed by atoms with van der Waals surface area (Å²) in [6.07, 6.45) is 4.57. The maximum absolute atomic E-state index is 5.86. The van der Waals surface area contributed by atoms with Crippen LogP contribution in [0.25, 0.3) is 5.82 Å². The first-order valence-electron chi connectivity index (χ1n) is 8.70. The largest absolute Gasteiger partial charge is 0.368 e. The number of benzene rings is 1. The van der Waals surface area contributed by atoms with Crippen molar-refractivity contribution in [1.29, 1.82) is 0 Å². The number of nitrogens with two attached hydrogens (primary N) is 1. The van der Waals surface area contributed by atoms with E-state index >= 15 is 0 Å². The van der Waals surface area contributed by atoms with Gasteiger partial charge in [0.15, 0.2) is 5.82 Å². The lowest BCUT2D eigenvalue weighted by molar-refractivity contribution is 0.311. The molecule has 7 nitrogen and oxygen atoms in total. The van der Waals surface area contributed by atoms with Crippen LogP contribution >= 0.6 is 0 Å². The predicted molar refractivity (Wildman–Crippen MR) is 104 cm³/mol. The van der Waals surface area contributed by atoms with Crippen LogP contribution in [0, 0.1) is 0 Å². The molecular formula is C19H25N7. The second kappa shape index (κ2) is 7.97. The fourth-order valence-electron chi connectivity index (χ4n) is 2.84. The third kappa shape index (κ3) is 4.18. The van der Waals surface area contributed by atoms with Gasteiger partial charge < -0.3 is 16.0 Å². The summed E-state index contributed by atoms with van der Waals surface area (Å²) in [5.74, 6) is 1.54. The van der Waals surface area contributed by atoms with Crippen LogP contribution in [0.1, 0.15) is 24.1 Å². The first kappa shape index (κ1) is 17.9. The van der Waals surface area contributed by atoms with E-state index < -0.39 is 0 Å². The molecule has 0 aliphatic carbocycles. The second-order valence-electron chi connectivity index (χ2n) is 6.38. The highest BCUT2D eigenvalue weighted by molar-refractivity contribution is 5.45. The van der Waals surface area contributed by atoms with Crippen molar-refractivity contribution in [2.24, 2.45) is 0 Å². The van der Waals surface area contributed by atoms with Gasteiger partial charge in [0, 0.05) is 25.0 Å². The molecule has 136 valence electrons. The lowest BCUT2D eigenvalue weighted by Gasteiger charge is -2.25. The van der Waals surface area contributed by atoms with Crippen LogP contribution in [-0.4, -0.2) is 45.3 Å². The van der Waals surface area contributed by atoms with Crippen LogP contribution in [0.2, 0.25) is 0 Å². The molecule has 0 saturated heterocycles. The molecule has 2 heterocycles. The Balaban J connectivity index is 1.77. The Bertz CT molecular complexity index is 826. The summed E-state index contributed by atoms with van der Waals surface area (Å²) in [6, 6.07) is 12.6. The monoisotopic (exact) mass is 351 g/mol. The van der Waals surface area contributed by atoms with Crippen LogP contribution in [-0.2, 0) is 6.42 Å². The molecule has 0 bridgehead atoms. The van der Waals surface area contributed by atoms with Gasteiger partial charge in [-0.25, -0.2) is 4.68 Å². The molecule has 0 radical (unpaired) electrons. The smallest absolute Gasteiger partial charge is 0.224 e. The van der Waals surface area contributed by atoms with Crippen molar-refractivity contribution in [3.8, 4) is 5.82 Å². The van der Waals surface area contributed by atoms with E-state index in [9.17, 15) is 0 Å². The summed E-state index contributed by atoms with van der Waals surface area (Å²) in [6.45, 7) is 2.87. The molecule has 0 saturated carbocycles. The maximum atomic E-state index is 5.86. The Labute approximate surface area is 153 Å². The molecule has 3 aromatic rings. The van der Waals surface area contributed by atoms with Crippen molar-refractivity contribution in [1.82, 2.24) is 24.6 Å². The molecule has 26 heavy (non-hydrogen) atoms. The summed E-state index contributed by atoms with van der Waals surface area (Å²) < 4.78 is 1.66. The molecule has 1 aromatic carbocycles. The molecule has 0 spiro atoms. The zero-order chi connectivity index (χ0) is 18.5. The Morgan fingerprint density at radius 1 is 1.19 bits per heavy atom. The van der Waals surface area contributed by atoms with Crippen molar-refractivity contribution in [2.45, 2.75) is 19.4 Å². The summed E-state index contributed by atoms with van der Waals surface area (Å²) in [7, 11) is 4.15. The molecule has 0 aliphatic rings. The van der Waals surface area contributed by atoms with Gasteiger partial charge in [-0.3, -0.25) is 0 Å². The molecule has 3 rings (SSSR count). The van der Waals surface area contributed by atoms with Crippen molar-refractivity contribution in [3.63, 3.8) is 0 Å². The summed E-state index contributed by atoms with van der Waals surface area (Å²) >= 11 is 0. The number of hydrogen-bond acceptors (Lipinski definition) is 6. The van der Waals surface area contributed by atoms with E-state index in [4.69, 9.17) is 5.73 Å². The van der Waals surface area contributed by atoms with Gasteiger partial charge in [0.2, 0.25) is 5.95 Å². The fraction of sp³-hybridized carbons (Fsp3) is 0.316.